The third kappa shape index (κ3) is 3.33. The van der Waals surface area contributed by atoms with Crippen molar-refractivity contribution in [2.75, 3.05) is 4.72 Å². The predicted octanol–water partition coefficient (Wildman–Crippen LogP) is 4.37. The summed E-state index contributed by atoms with van der Waals surface area (Å²) in [5.74, 6) is 0. The Morgan fingerprint density at radius 1 is 1.25 bits per heavy atom. The smallest absolute Gasteiger partial charge is 0.264 e. The lowest BCUT2D eigenvalue weighted by atomic mass is 10.2. The van der Waals surface area contributed by atoms with E-state index in [1.54, 1.807) is 0 Å². The normalized spacial score (nSPS) is 11.4. The molecule has 0 atom stereocenters. The van der Waals surface area contributed by atoms with Gasteiger partial charge in [-0.3, -0.25) is 9.71 Å². The van der Waals surface area contributed by atoms with Gasteiger partial charge < -0.3 is 0 Å². The first-order valence-corrected chi connectivity index (χ1v) is 8.84. The van der Waals surface area contributed by atoms with E-state index in [1.165, 1.54) is 18.5 Å². The SMILES string of the molecule is Cc1cc(Br)c(NS(=O)(=O)c2cnccc2Cl)c(Br)c1. The Bertz CT molecular complexity index is 743. The summed E-state index contributed by atoms with van der Waals surface area (Å²) in [6.07, 6.45) is 2.64. The van der Waals surface area contributed by atoms with Crippen LogP contribution in [0.5, 0.6) is 0 Å². The van der Waals surface area contributed by atoms with Gasteiger partial charge in [0.2, 0.25) is 0 Å². The van der Waals surface area contributed by atoms with Gasteiger partial charge in [-0.15, -0.1) is 0 Å². The zero-order valence-corrected chi connectivity index (χ0v) is 14.9. The number of sulfonamides is 1. The summed E-state index contributed by atoms with van der Waals surface area (Å²) in [5, 5.41) is 0.117. The van der Waals surface area contributed by atoms with Gasteiger partial charge in [0.1, 0.15) is 4.90 Å². The fraction of sp³-hybridized carbons (Fsp3) is 0.0833. The number of hydrogen-bond acceptors (Lipinski definition) is 3. The molecule has 0 aliphatic heterocycles. The number of hydrogen-bond donors (Lipinski definition) is 1. The van der Waals surface area contributed by atoms with Crippen LogP contribution in [0.4, 0.5) is 5.69 Å². The van der Waals surface area contributed by atoms with Crippen molar-refractivity contribution in [1.29, 1.82) is 0 Å². The zero-order valence-electron chi connectivity index (χ0n) is 10.2. The van der Waals surface area contributed by atoms with Gasteiger partial charge in [0.25, 0.3) is 10.0 Å². The minimum absolute atomic E-state index is 0.0685. The van der Waals surface area contributed by atoms with Gasteiger partial charge in [-0.1, -0.05) is 11.6 Å². The molecule has 0 unspecified atom stereocenters. The Kier molecular flexibility index (Phi) is 4.73. The molecule has 0 aliphatic rings. The van der Waals surface area contributed by atoms with Crippen LogP contribution in [-0.2, 0) is 10.0 Å². The first-order chi connectivity index (χ1) is 9.31. The number of benzene rings is 1. The fourth-order valence-corrected chi connectivity index (χ4v) is 4.96. The number of anilines is 1. The minimum atomic E-state index is -3.81. The van der Waals surface area contributed by atoms with Crippen LogP contribution in [-0.4, -0.2) is 13.4 Å². The molecule has 0 spiro atoms. The van der Waals surface area contributed by atoms with Crippen molar-refractivity contribution in [2.24, 2.45) is 0 Å². The van der Waals surface area contributed by atoms with Crippen LogP contribution < -0.4 is 4.72 Å². The topological polar surface area (TPSA) is 59.1 Å². The highest BCUT2D eigenvalue weighted by molar-refractivity contribution is 9.11. The molecular formula is C12H9Br2ClN2O2S. The molecule has 8 heteroatoms. The Morgan fingerprint density at radius 3 is 2.40 bits per heavy atom. The zero-order chi connectivity index (χ0) is 14.9. The van der Waals surface area contributed by atoms with Crippen molar-refractivity contribution in [3.05, 3.63) is 50.1 Å². The molecule has 4 nitrogen and oxygen atoms in total. The van der Waals surface area contributed by atoms with E-state index in [4.69, 9.17) is 11.6 Å². The maximum Gasteiger partial charge on any atom is 0.264 e. The molecule has 106 valence electrons. The highest BCUT2D eigenvalue weighted by Gasteiger charge is 2.20. The number of aromatic nitrogens is 1. The predicted molar refractivity (Wildman–Crippen MR) is 86.6 cm³/mol. The van der Waals surface area contributed by atoms with Crippen LogP contribution in [0, 0.1) is 6.92 Å². The summed E-state index contributed by atoms with van der Waals surface area (Å²) >= 11 is 12.6. The van der Waals surface area contributed by atoms with Crippen molar-refractivity contribution < 1.29 is 8.42 Å². The Hall–Kier alpha value is -0.630. The molecule has 0 saturated heterocycles. The molecule has 0 fully saturated rings. The molecule has 0 radical (unpaired) electrons. The number of pyridine rings is 1. The summed E-state index contributed by atoms with van der Waals surface area (Å²) in [7, 11) is -3.81. The third-order valence-corrected chi connectivity index (χ3v) is 5.52. The van der Waals surface area contributed by atoms with Crippen LogP contribution in [0.15, 0.2) is 44.4 Å². The van der Waals surface area contributed by atoms with Gasteiger partial charge in [-0.2, -0.15) is 0 Å². The maximum absolute atomic E-state index is 12.3. The molecule has 0 amide bonds. The Morgan fingerprint density at radius 2 is 1.85 bits per heavy atom. The van der Waals surface area contributed by atoms with E-state index in [0.29, 0.717) is 14.6 Å². The second-order valence-corrected chi connectivity index (χ2v) is 7.78. The summed E-state index contributed by atoms with van der Waals surface area (Å²) in [6.45, 7) is 1.91. The minimum Gasteiger partial charge on any atom is -0.277 e. The number of nitrogens with one attached hydrogen (secondary N) is 1. The molecule has 1 N–H and O–H groups in total. The summed E-state index contributed by atoms with van der Waals surface area (Å²) in [6, 6.07) is 5.05. The molecule has 0 aliphatic carbocycles. The molecule has 0 saturated carbocycles. The average molecular weight is 441 g/mol. The fourth-order valence-electron chi connectivity index (χ4n) is 1.55. The van der Waals surface area contributed by atoms with Gasteiger partial charge in [-0.25, -0.2) is 8.42 Å². The van der Waals surface area contributed by atoms with Crippen LogP contribution in [0.25, 0.3) is 0 Å². The highest BCUT2D eigenvalue weighted by Crippen LogP contribution is 2.34. The lowest BCUT2D eigenvalue weighted by Gasteiger charge is -2.13. The van der Waals surface area contributed by atoms with E-state index in [1.807, 2.05) is 19.1 Å². The van der Waals surface area contributed by atoms with Crippen LogP contribution in [0.2, 0.25) is 5.02 Å². The number of halogens is 3. The summed E-state index contributed by atoms with van der Waals surface area (Å²) < 4.78 is 28.4. The Balaban J connectivity index is 2.47. The van der Waals surface area contributed by atoms with Crippen LogP contribution >= 0.6 is 43.5 Å². The maximum atomic E-state index is 12.3. The molecule has 20 heavy (non-hydrogen) atoms. The summed E-state index contributed by atoms with van der Waals surface area (Å²) in [5.41, 5.74) is 1.40. The van der Waals surface area contributed by atoms with Crippen molar-refractivity contribution in [3.63, 3.8) is 0 Å². The lowest BCUT2D eigenvalue weighted by Crippen LogP contribution is -2.14. The summed E-state index contributed by atoms with van der Waals surface area (Å²) in [4.78, 5) is 3.72. The number of rotatable bonds is 3. The lowest BCUT2D eigenvalue weighted by molar-refractivity contribution is 0.601. The van der Waals surface area contributed by atoms with E-state index in [-0.39, 0.29) is 9.92 Å². The molecule has 1 aromatic carbocycles. The van der Waals surface area contributed by atoms with Gasteiger partial charge in [0, 0.05) is 21.3 Å². The number of aryl methyl sites for hydroxylation is 1. The van der Waals surface area contributed by atoms with Gasteiger partial charge >= 0.3 is 0 Å². The molecule has 1 aromatic heterocycles. The standard InChI is InChI=1S/C12H9Br2ClN2O2S/c1-7-4-8(13)12(9(14)5-7)17-20(18,19)11-6-16-3-2-10(11)15/h2-6,17H,1H3. The van der Waals surface area contributed by atoms with E-state index in [9.17, 15) is 8.42 Å². The first kappa shape index (κ1) is 15.8. The first-order valence-electron chi connectivity index (χ1n) is 5.39. The Labute approximate surface area is 138 Å². The van der Waals surface area contributed by atoms with Gasteiger partial charge in [0.15, 0.2) is 0 Å². The molecule has 0 bridgehead atoms. The van der Waals surface area contributed by atoms with Crippen molar-refractivity contribution >= 4 is 59.2 Å². The third-order valence-electron chi connectivity index (χ3n) is 2.45. The van der Waals surface area contributed by atoms with Crippen molar-refractivity contribution in [3.8, 4) is 0 Å². The second kappa shape index (κ2) is 6.01. The van der Waals surface area contributed by atoms with E-state index < -0.39 is 10.0 Å². The van der Waals surface area contributed by atoms with Crippen LogP contribution in [0.1, 0.15) is 5.56 Å². The molecule has 2 rings (SSSR count). The molecular weight excluding hydrogens is 431 g/mol. The van der Waals surface area contributed by atoms with E-state index in [0.717, 1.165) is 5.56 Å². The van der Waals surface area contributed by atoms with Gasteiger partial charge in [-0.05, 0) is 62.5 Å². The van der Waals surface area contributed by atoms with Crippen molar-refractivity contribution in [1.82, 2.24) is 4.98 Å². The van der Waals surface area contributed by atoms with Gasteiger partial charge in [0.05, 0.1) is 10.7 Å². The average Bonchev–Trinajstić information content (AvgIpc) is 2.34. The van der Waals surface area contributed by atoms with Crippen LogP contribution in [0.3, 0.4) is 0 Å². The second-order valence-electron chi connectivity index (χ2n) is 4.02. The van der Waals surface area contributed by atoms with E-state index >= 15 is 0 Å². The van der Waals surface area contributed by atoms with Crippen molar-refractivity contribution in [2.45, 2.75) is 11.8 Å². The molecule has 2 aromatic rings. The monoisotopic (exact) mass is 438 g/mol. The highest BCUT2D eigenvalue weighted by atomic mass is 79.9. The van der Waals surface area contributed by atoms with E-state index in [2.05, 4.69) is 41.6 Å². The molecule has 1 heterocycles. The quantitative estimate of drug-likeness (QED) is 0.771. The largest absolute Gasteiger partial charge is 0.277 e. The number of nitrogens with zero attached hydrogens (tertiary/aromatic N) is 1.